The summed E-state index contributed by atoms with van der Waals surface area (Å²) in [5.74, 6) is 1.71. The molecule has 0 aromatic heterocycles. The number of carbonyl (C=O) groups excluding carboxylic acids is 1. The van der Waals surface area contributed by atoms with E-state index >= 15 is 0 Å². The molecule has 0 aromatic rings. The number of nitrogens with two attached hydrogens (primary N) is 1. The number of rotatable bonds is 5. The van der Waals surface area contributed by atoms with E-state index in [4.69, 9.17) is 5.73 Å². The molecular weight excluding hydrogens is 200 g/mol. The van der Waals surface area contributed by atoms with Crippen molar-refractivity contribution in [1.82, 2.24) is 5.32 Å². The zero-order chi connectivity index (χ0) is 12.0. The molecule has 0 aliphatic heterocycles. The Hall–Kier alpha value is -0.570. The number of nitrogens with one attached hydrogen (secondary N) is 1. The average Bonchev–Trinajstić information content (AvgIpc) is 2.26. The predicted molar refractivity (Wildman–Crippen MR) is 67.0 cm³/mol. The van der Waals surface area contributed by atoms with Gasteiger partial charge in [-0.1, -0.05) is 26.7 Å². The van der Waals surface area contributed by atoms with Gasteiger partial charge in [0.15, 0.2) is 0 Å². The van der Waals surface area contributed by atoms with Crippen LogP contribution in [0.2, 0.25) is 0 Å². The molecule has 0 heterocycles. The van der Waals surface area contributed by atoms with E-state index in [0.717, 1.165) is 31.1 Å². The van der Waals surface area contributed by atoms with Gasteiger partial charge >= 0.3 is 0 Å². The predicted octanol–water partition coefficient (Wildman–Crippen LogP) is 2.06. The number of hydrogen-bond donors (Lipinski definition) is 2. The van der Waals surface area contributed by atoms with Crippen molar-refractivity contribution in [1.29, 1.82) is 0 Å². The molecule has 1 rings (SSSR count). The highest BCUT2D eigenvalue weighted by Gasteiger charge is 2.24. The normalized spacial score (nSPS) is 25.8. The summed E-state index contributed by atoms with van der Waals surface area (Å²) in [6.07, 6.45) is 6.27. The van der Waals surface area contributed by atoms with Crippen LogP contribution in [-0.4, -0.2) is 18.5 Å². The molecule has 2 atom stereocenters. The van der Waals surface area contributed by atoms with Crippen molar-refractivity contribution in [2.75, 3.05) is 6.54 Å². The van der Waals surface area contributed by atoms with E-state index in [2.05, 4.69) is 19.2 Å². The molecule has 0 saturated heterocycles. The van der Waals surface area contributed by atoms with E-state index in [-0.39, 0.29) is 5.91 Å². The van der Waals surface area contributed by atoms with Gasteiger partial charge < -0.3 is 11.1 Å². The third kappa shape index (κ3) is 4.52. The second kappa shape index (κ2) is 6.89. The fourth-order valence-corrected chi connectivity index (χ4v) is 2.53. The molecule has 94 valence electrons. The molecule has 3 heteroatoms. The number of amides is 1. The first-order valence-electron chi connectivity index (χ1n) is 6.63. The van der Waals surface area contributed by atoms with Gasteiger partial charge in [-0.3, -0.25) is 4.79 Å². The minimum atomic E-state index is 0.180. The van der Waals surface area contributed by atoms with Gasteiger partial charge in [0.2, 0.25) is 5.91 Å². The van der Waals surface area contributed by atoms with E-state index in [0.29, 0.717) is 19.0 Å². The maximum absolute atomic E-state index is 11.6. The molecule has 1 aliphatic rings. The van der Waals surface area contributed by atoms with Crippen LogP contribution in [-0.2, 0) is 4.79 Å². The maximum Gasteiger partial charge on any atom is 0.220 e. The van der Waals surface area contributed by atoms with Gasteiger partial charge in [-0.25, -0.2) is 0 Å². The Morgan fingerprint density at radius 1 is 1.44 bits per heavy atom. The zero-order valence-electron chi connectivity index (χ0n) is 10.7. The van der Waals surface area contributed by atoms with Crippen LogP contribution in [0.3, 0.4) is 0 Å². The van der Waals surface area contributed by atoms with Crippen molar-refractivity contribution < 1.29 is 4.79 Å². The Labute approximate surface area is 99.2 Å². The molecule has 0 spiro atoms. The highest BCUT2D eigenvalue weighted by Crippen LogP contribution is 2.29. The molecule has 0 bridgehead atoms. The van der Waals surface area contributed by atoms with Crippen LogP contribution < -0.4 is 11.1 Å². The molecule has 3 nitrogen and oxygen atoms in total. The Morgan fingerprint density at radius 2 is 2.19 bits per heavy atom. The first kappa shape index (κ1) is 13.5. The molecule has 3 N–H and O–H groups in total. The number of hydrogen-bond acceptors (Lipinski definition) is 2. The van der Waals surface area contributed by atoms with Gasteiger partial charge in [0, 0.05) is 12.5 Å². The van der Waals surface area contributed by atoms with E-state index in [1.807, 2.05) is 0 Å². The summed E-state index contributed by atoms with van der Waals surface area (Å²) in [4.78, 5) is 11.6. The Kier molecular flexibility index (Phi) is 5.81. The molecule has 0 radical (unpaired) electrons. The van der Waals surface area contributed by atoms with Gasteiger partial charge in [0.1, 0.15) is 0 Å². The number of carbonyl (C=O) groups is 1. The second-order valence-corrected chi connectivity index (χ2v) is 5.33. The monoisotopic (exact) mass is 226 g/mol. The van der Waals surface area contributed by atoms with Crippen molar-refractivity contribution in [2.24, 2.45) is 17.6 Å². The average molecular weight is 226 g/mol. The van der Waals surface area contributed by atoms with Gasteiger partial charge in [0.05, 0.1) is 0 Å². The lowest BCUT2D eigenvalue weighted by molar-refractivity contribution is -0.122. The second-order valence-electron chi connectivity index (χ2n) is 5.33. The van der Waals surface area contributed by atoms with Crippen molar-refractivity contribution in [2.45, 2.75) is 58.4 Å². The lowest BCUT2D eigenvalue weighted by Crippen LogP contribution is -2.39. The molecule has 2 unspecified atom stereocenters. The summed E-state index contributed by atoms with van der Waals surface area (Å²) in [5, 5.41) is 3.14. The molecule has 1 saturated carbocycles. The largest absolute Gasteiger partial charge is 0.353 e. The van der Waals surface area contributed by atoms with Crippen molar-refractivity contribution in [3.63, 3.8) is 0 Å². The summed E-state index contributed by atoms with van der Waals surface area (Å²) in [6, 6.07) is 0.409. The van der Waals surface area contributed by atoms with Crippen LogP contribution >= 0.6 is 0 Å². The van der Waals surface area contributed by atoms with Crippen LogP contribution in [0.4, 0.5) is 0 Å². The lowest BCUT2D eigenvalue weighted by atomic mass is 9.79. The molecule has 16 heavy (non-hydrogen) atoms. The minimum absolute atomic E-state index is 0.180. The highest BCUT2D eigenvalue weighted by atomic mass is 16.1. The molecule has 1 amide bonds. The summed E-state index contributed by atoms with van der Waals surface area (Å²) in [6.45, 7) is 5.17. The minimum Gasteiger partial charge on any atom is -0.353 e. The van der Waals surface area contributed by atoms with Crippen molar-refractivity contribution in [3.05, 3.63) is 0 Å². The Morgan fingerprint density at radius 3 is 2.81 bits per heavy atom. The SMILES string of the molecule is CC(C)C1CCCC(NC(=O)CCCN)C1. The summed E-state index contributed by atoms with van der Waals surface area (Å²) >= 11 is 0. The fourth-order valence-electron chi connectivity index (χ4n) is 2.53. The third-order valence-electron chi connectivity index (χ3n) is 3.63. The molecular formula is C13H26N2O. The molecule has 1 aliphatic carbocycles. The van der Waals surface area contributed by atoms with Crippen molar-refractivity contribution >= 4 is 5.91 Å². The summed E-state index contributed by atoms with van der Waals surface area (Å²) in [5.41, 5.74) is 5.39. The summed E-state index contributed by atoms with van der Waals surface area (Å²) in [7, 11) is 0. The van der Waals surface area contributed by atoms with Crippen LogP contribution in [0, 0.1) is 11.8 Å². The third-order valence-corrected chi connectivity index (χ3v) is 3.63. The maximum atomic E-state index is 11.6. The summed E-state index contributed by atoms with van der Waals surface area (Å²) < 4.78 is 0. The molecule has 0 aromatic carbocycles. The van der Waals surface area contributed by atoms with Crippen LogP contribution in [0.15, 0.2) is 0 Å². The van der Waals surface area contributed by atoms with Crippen LogP contribution in [0.5, 0.6) is 0 Å². The van der Waals surface area contributed by atoms with Crippen LogP contribution in [0.1, 0.15) is 52.4 Å². The van der Waals surface area contributed by atoms with Gasteiger partial charge in [-0.05, 0) is 37.6 Å². The Bertz CT molecular complexity index is 216. The smallest absolute Gasteiger partial charge is 0.220 e. The van der Waals surface area contributed by atoms with E-state index in [1.165, 1.54) is 12.8 Å². The van der Waals surface area contributed by atoms with Crippen molar-refractivity contribution in [3.8, 4) is 0 Å². The van der Waals surface area contributed by atoms with E-state index < -0.39 is 0 Å². The topological polar surface area (TPSA) is 55.1 Å². The highest BCUT2D eigenvalue weighted by molar-refractivity contribution is 5.76. The van der Waals surface area contributed by atoms with Gasteiger partial charge in [-0.15, -0.1) is 0 Å². The van der Waals surface area contributed by atoms with E-state index in [9.17, 15) is 4.79 Å². The zero-order valence-corrected chi connectivity index (χ0v) is 10.7. The fraction of sp³-hybridized carbons (Fsp3) is 0.923. The Balaban J connectivity index is 2.28. The first-order chi connectivity index (χ1) is 7.63. The lowest BCUT2D eigenvalue weighted by Gasteiger charge is -2.32. The standard InChI is InChI=1S/C13H26N2O/c1-10(2)11-5-3-6-12(9-11)15-13(16)7-4-8-14/h10-12H,3-9,14H2,1-2H3,(H,15,16). The van der Waals surface area contributed by atoms with Crippen LogP contribution in [0.25, 0.3) is 0 Å². The van der Waals surface area contributed by atoms with E-state index in [1.54, 1.807) is 0 Å². The quantitative estimate of drug-likeness (QED) is 0.754. The first-order valence-corrected chi connectivity index (χ1v) is 6.63. The molecule has 1 fully saturated rings. The van der Waals surface area contributed by atoms with Gasteiger partial charge in [-0.2, -0.15) is 0 Å². The van der Waals surface area contributed by atoms with Gasteiger partial charge in [0.25, 0.3) is 0 Å².